The normalized spacial score (nSPS) is 15.8. The van der Waals surface area contributed by atoms with Crippen LogP contribution >= 0.6 is 0 Å². The Kier molecular flexibility index (Phi) is 9.26. The second-order valence-corrected chi connectivity index (χ2v) is 10.5. The zero-order valence-electron chi connectivity index (χ0n) is 23.6. The molecule has 0 saturated carbocycles. The molecule has 0 aromatic heterocycles. The van der Waals surface area contributed by atoms with Crippen molar-refractivity contribution in [2.75, 3.05) is 62.6 Å². The van der Waals surface area contributed by atoms with Crippen molar-refractivity contribution in [3.63, 3.8) is 0 Å². The molecule has 0 aliphatic carbocycles. The van der Waals surface area contributed by atoms with Crippen molar-refractivity contribution < 1.29 is 23.7 Å². The number of carbonyl (C=O) groups excluding carboxylic acids is 3. The van der Waals surface area contributed by atoms with Gasteiger partial charge < -0.3 is 25.3 Å². The first-order valence-corrected chi connectivity index (χ1v) is 14.3. The minimum atomic E-state index is -0.533. The van der Waals surface area contributed by atoms with E-state index in [1.54, 1.807) is 34.1 Å². The molecule has 2 aliphatic heterocycles. The highest BCUT2D eigenvalue weighted by Crippen LogP contribution is 2.30. The van der Waals surface area contributed by atoms with Crippen LogP contribution in [0.15, 0.2) is 66.7 Å². The van der Waals surface area contributed by atoms with E-state index in [1.165, 1.54) is 42.5 Å². The molecule has 2 saturated heterocycles. The van der Waals surface area contributed by atoms with Gasteiger partial charge in [0, 0.05) is 74.6 Å². The van der Waals surface area contributed by atoms with E-state index in [2.05, 4.69) is 15.5 Å². The van der Waals surface area contributed by atoms with Gasteiger partial charge in [-0.1, -0.05) is 6.07 Å². The van der Waals surface area contributed by atoms with Crippen LogP contribution in [0.3, 0.4) is 0 Å². The summed E-state index contributed by atoms with van der Waals surface area (Å²) < 4.78 is 13.7. The van der Waals surface area contributed by atoms with Gasteiger partial charge in [0.15, 0.2) is 0 Å². The number of nitrogens with one attached hydrogen (secondary N) is 2. The maximum atomic E-state index is 13.7. The Labute approximate surface area is 248 Å². The Morgan fingerprint density at radius 2 is 1.47 bits per heavy atom. The lowest BCUT2D eigenvalue weighted by Gasteiger charge is -2.27. The zero-order chi connectivity index (χ0) is 30.3. The van der Waals surface area contributed by atoms with Gasteiger partial charge in [-0.25, -0.2) is 4.39 Å². The predicted molar refractivity (Wildman–Crippen MR) is 160 cm³/mol. The number of amides is 3. The van der Waals surface area contributed by atoms with Crippen LogP contribution in [-0.4, -0.2) is 84.8 Å². The Hall–Kier alpha value is -4.84. The Bertz CT molecular complexity index is 1510. The van der Waals surface area contributed by atoms with Crippen molar-refractivity contribution in [3.05, 3.63) is 99.4 Å². The largest absolute Gasteiger partial charge is 0.368 e. The van der Waals surface area contributed by atoms with Crippen LogP contribution in [-0.2, 0) is 0 Å². The van der Waals surface area contributed by atoms with Gasteiger partial charge in [0.05, 0.1) is 16.3 Å². The summed E-state index contributed by atoms with van der Waals surface area (Å²) in [6.07, 6.45) is 1.48. The topological polar surface area (TPSA) is 128 Å². The molecule has 2 aliphatic rings. The number of halogens is 1. The third kappa shape index (κ3) is 7.15. The maximum Gasteiger partial charge on any atom is 0.269 e. The van der Waals surface area contributed by atoms with Gasteiger partial charge in [-0.15, -0.1) is 0 Å². The average molecular weight is 589 g/mol. The molecule has 0 atom stereocenters. The van der Waals surface area contributed by atoms with Crippen molar-refractivity contribution in [2.45, 2.75) is 12.8 Å². The Morgan fingerprint density at radius 1 is 0.767 bits per heavy atom. The molecule has 0 radical (unpaired) electrons. The molecule has 11 nitrogen and oxygen atoms in total. The smallest absolute Gasteiger partial charge is 0.269 e. The fraction of sp³-hybridized carbons (Fsp3) is 0.323. The van der Waals surface area contributed by atoms with Crippen molar-refractivity contribution in [1.29, 1.82) is 0 Å². The highest BCUT2D eigenvalue weighted by Gasteiger charge is 2.25. The number of nitro benzene ring substituents is 1. The number of benzene rings is 3. The number of rotatable bonds is 6. The molecule has 2 fully saturated rings. The van der Waals surface area contributed by atoms with E-state index in [-0.39, 0.29) is 28.6 Å². The van der Waals surface area contributed by atoms with Crippen molar-refractivity contribution >= 4 is 34.8 Å². The first-order valence-electron chi connectivity index (χ1n) is 14.3. The molecule has 0 spiro atoms. The number of carbonyl (C=O) groups is 3. The van der Waals surface area contributed by atoms with Crippen molar-refractivity contribution in [1.82, 2.24) is 15.1 Å². The van der Waals surface area contributed by atoms with E-state index < -0.39 is 16.6 Å². The highest BCUT2D eigenvalue weighted by molar-refractivity contribution is 6.07. The van der Waals surface area contributed by atoms with Crippen LogP contribution in [0.1, 0.15) is 43.9 Å². The molecule has 5 rings (SSSR count). The molecule has 0 unspecified atom stereocenters. The highest BCUT2D eigenvalue weighted by atomic mass is 19.1. The quantitative estimate of drug-likeness (QED) is 0.331. The summed E-state index contributed by atoms with van der Waals surface area (Å²) >= 11 is 0. The minimum Gasteiger partial charge on any atom is -0.368 e. The standard InChI is InChI=1S/C31H33FN6O5/c32-25-5-1-4-23(20-25)30(40)37-16-3-15-35(18-19-37)28-11-8-24(31(41)36-14-2-12-33-13-17-36)21-27(28)34-29(39)22-6-9-26(10-7-22)38(42)43/h1,4-11,20-21,33H,2-3,12-19H2,(H,34,39). The van der Waals surface area contributed by atoms with E-state index in [1.807, 2.05) is 0 Å². The second kappa shape index (κ2) is 13.4. The van der Waals surface area contributed by atoms with Gasteiger partial charge in [0.25, 0.3) is 23.4 Å². The molecule has 12 heteroatoms. The van der Waals surface area contributed by atoms with Crippen LogP contribution in [0.5, 0.6) is 0 Å². The molecule has 3 aromatic rings. The minimum absolute atomic E-state index is 0.126. The summed E-state index contributed by atoms with van der Waals surface area (Å²) in [7, 11) is 0. The van der Waals surface area contributed by atoms with E-state index in [0.29, 0.717) is 69.2 Å². The van der Waals surface area contributed by atoms with Crippen LogP contribution in [0.25, 0.3) is 0 Å². The molecule has 2 N–H and O–H groups in total. The summed E-state index contributed by atoms with van der Waals surface area (Å²) in [6.45, 7) is 4.64. The Morgan fingerprint density at radius 3 is 2.21 bits per heavy atom. The van der Waals surface area contributed by atoms with Gasteiger partial charge in [-0.2, -0.15) is 0 Å². The van der Waals surface area contributed by atoms with Gasteiger partial charge in [-0.05, 0) is 67.9 Å². The molecule has 3 aromatic carbocycles. The molecule has 2 heterocycles. The first kappa shape index (κ1) is 29.6. The maximum absolute atomic E-state index is 13.7. The van der Waals surface area contributed by atoms with Crippen LogP contribution in [0.4, 0.5) is 21.5 Å². The second-order valence-electron chi connectivity index (χ2n) is 10.5. The predicted octanol–water partition coefficient (Wildman–Crippen LogP) is 3.77. The number of hydrogen-bond donors (Lipinski definition) is 2. The fourth-order valence-electron chi connectivity index (χ4n) is 5.37. The summed E-state index contributed by atoms with van der Waals surface area (Å²) in [5.74, 6) is -1.33. The lowest BCUT2D eigenvalue weighted by atomic mass is 10.1. The summed E-state index contributed by atoms with van der Waals surface area (Å²) in [6, 6.07) is 16.1. The van der Waals surface area contributed by atoms with Gasteiger partial charge in [0.2, 0.25) is 0 Å². The summed E-state index contributed by atoms with van der Waals surface area (Å²) in [5, 5.41) is 17.3. The molecular formula is C31H33FN6O5. The summed E-state index contributed by atoms with van der Waals surface area (Å²) in [5.41, 5.74) is 1.93. The SMILES string of the molecule is O=C(Nc1cc(C(=O)N2CCCNCC2)ccc1N1CCCN(C(=O)c2cccc(F)c2)CC1)c1ccc([N+](=O)[O-])cc1. The number of anilines is 2. The number of nitrogens with zero attached hydrogens (tertiary/aromatic N) is 4. The van der Waals surface area contributed by atoms with E-state index in [4.69, 9.17) is 0 Å². The Balaban J connectivity index is 1.40. The van der Waals surface area contributed by atoms with Crippen molar-refractivity contribution in [3.8, 4) is 0 Å². The number of hydrogen-bond acceptors (Lipinski definition) is 7. The molecule has 224 valence electrons. The van der Waals surface area contributed by atoms with Crippen molar-refractivity contribution in [2.24, 2.45) is 0 Å². The van der Waals surface area contributed by atoms with E-state index in [9.17, 15) is 28.9 Å². The summed E-state index contributed by atoms with van der Waals surface area (Å²) in [4.78, 5) is 55.8. The van der Waals surface area contributed by atoms with Crippen LogP contribution < -0.4 is 15.5 Å². The lowest BCUT2D eigenvalue weighted by molar-refractivity contribution is -0.384. The van der Waals surface area contributed by atoms with E-state index >= 15 is 0 Å². The molecule has 3 amide bonds. The lowest BCUT2D eigenvalue weighted by Crippen LogP contribution is -2.35. The van der Waals surface area contributed by atoms with Gasteiger partial charge in [0.1, 0.15) is 5.82 Å². The molecular weight excluding hydrogens is 555 g/mol. The van der Waals surface area contributed by atoms with Crippen LogP contribution in [0, 0.1) is 15.9 Å². The first-order chi connectivity index (χ1) is 20.8. The number of non-ortho nitro benzene ring substituents is 1. The zero-order valence-corrected chi connectivity index (χ0v) is 23.6. The van der Waals surface area contributed by atoms with E-state index in [0.717, 1.165) is 13.0 Å². The third-order valence-electron chi connectivity index (χ3n) is 7.65. The van der Waals surface area contributed by atoms with Gasteiger partial charge in [-0.3, -0.25) is 24.5 Å². The fourth-order valence-corrected chi connectivity index (χ4v) is 5.37. The monoisotopic (exact) mass is 588 g/mol. The average Bonchev–Trinajstić information content (AvgIpc) is 3.44. The van der Waals surface area contributed by atoms with Crippen LogP contribution in [0.2, 0.25) is 0 Å². The third-order valence-corrected chi connectivity index (χ3v) is 7.65. The number of nitro groups is 1. The molecule has 0 bridgehead atoms. The van der Waals surface area contributed by atoms with Gasteiger partial charge >= 0.3 is 0 Å². The molecule has 43 heavy (non-hydrogen) atoms.